The maximum atomic E-state index is 16.0. The highest BCUT2D eigenvalue weighted by Gasteiger charge is 2.39. The zero-order valence-electron chi connectivity index (χ0n) is 20.6. The van der Waals surface area contributed by atoms with E-state index in [1.807, 2.05) is 35.1 Å². The van der Waals surface area contributed by atoms with Crippen molar-refractivity contribution in [3.8, 4) is 5.75 Å². The lowest BCUT2D eigenvalue weighted by atomic mass is 9.87. The molecule has 0 radical (unpaired) electrons. The van der Waals surface area contributed by atoms with Gasteiger partial charge in [-0.3, -0.25) is 4.79 Å². The van der Waals surface area contributed by atoms with E-state index in [2.05, 4.69) is 25.0 Å². The Balaban J connectivity index is 1.60. The first-order valence-corrected chi connectivity index (χ1v) is 17.3. The lowest BCUT2D eigenvalue weighted by Gasteiger charge is -2.29. The number of benzene rings is 2. The molecule has 2 aromatic rings. The van der Waals surface area contributed by atoms with Crippen LogP contribution in [0.1, 0.15) is 29.5 Å². The Morgan fingerprint density at radius 1 is 1.23 bits per heavy atom. The van der Waals surface area contributed by atoms with Crippen molar-refractivity contribution in [1.29, 1.82) is 0 Å². The molecule has 1 aliphatic carbocycles. The van der Waals surface area contributed by atoms with Crippen molar-refractivity contribution < 1.29 is 22.3 Å². The van der Waals surface area contributed by atoms with Crippen molar-refractivity contribution in [2.75, 3.05) is 17.4 Å². The molecule has 1 fully saturated rings. The maximum Gasteiger partial charge on any atom is 0.326 e. The molecular weight excluding hydrogens is 485 g/mol. The molecule has 0 bridgehead atoms. The van der Waals surface area contributed by atoms with Crippen LogP contribution in [0.4, 0.5) is 10.1 Å². The van der Waals surface area contributed by atoms with E-state index in [4.69, 9.17) is 4.74 Å². The van der Waals surface area contributed by atoms with Gasteiger partial charge in [0.15, 0.2) is 5.82 Å². The summed E-state index contributed by atoms with van der Waals surface area (Å²) in [6.45, 7) is 7.62. The van der Waals surface area contributed by atoms with Crippen molar-refractivity contribution in [3.05, 3.63) is 58.9 Å². The standard InChI is InChI=1S/C25H34FN3O4SSi/c1-35(2,3)13-7-12-27-20-11-10-19-14-22(33-17-18-8-5-4-6-9-18)25(24(26)21(19)15-20)29-16-23(30)28-34(29,31)32/h4-6,8-9,14,20,27H,7,10-13,15-17H2,1-3H3,(H,28,30). The van der Waals surface area contributed by atoms with Crippen molar-refractivity contribution in [1.82, 2.24) is 10.0 Å². The highest BCUT2D eigenvalue weighted by atomic mass is 32.2. The molecule has 190 valence electrons. The molecule has 1 atom stereocenters. The number of carbonyl (C=O) groups is 1. The first-order valence-electron chi connectivity index (χ1n) is 12.1. The van der Waals surface area contributed by atoms with Crippen molar-refractivity contribution in [3.63, 3.8) is 0 Å². The minimum Gasteiger partial charge on any atom is -0.487 e. The predicted octanol–water partition coefficient (Wildman–Crippen LogP) is 3.76. The van der Waals surface area contributed by atoms with Gasteiger partial charge in [0.05, 0.1) is 0 Å². The molecule has 0 aromatic heterocycles. The number of carbonyl (C=O) groups excluding carboxylic acids is 1. The van der Waals surface area contributed by atoms with E-state index in [1.165, 1.54) is 6.04 Å². The number of anilines is 1. The fraction of sp³-hybridized carbons (Fsp3) is 0.480. The average Bonchev–Trinajstić information content (AvgIpc) is 3.07. The fourth-order valence-electron chi connectivity index (χ4n) is 4.65. The Labute approximate surface area is 208 Å². The van der Waals surface area contributed by atoms with Gasteiger partial charge in [-0.1, -0.05) is 56.0 Å². The molecule has 2 aromatic carbocycles. The first kappa shape index (κ1) is 25.7. The number of aryl methyl sites for hydroxylation is 1. The summed E-state index contributed by atoms with van der Waals surface area (Å²) in [5.74, 6) is -1.19. The summed E-state index contributed by atoms with van der Waals surface area (Å²) < 4.78 is 49.9. The van der Waals surface area contributed by atoms with E-state index in [0.29, 0.717) is 18.4 Å². The third-order valence-corrected chi connectivity index (χ3v) is 9.69. The topological polar surface area (TPSA) is 87.7 Å². The molecule has 0 spiro atoms. The number of hydrogen-bond donors (Lipinski definition) is 2. The maximum absolute atomic E-state index is 16.0. The van der Waals surface area contributed by atoms with Gasteiger partial charge in [-0.25, -0.2) is 13.4 Å². The van der Waals surface area contributed by atoms with Gasteiger partial charge in [-0.2, -0.15) is 8.42 Å². The monoisotopic (exact) mass is 519 g/mol. The van der Waals surface area contributed by atoms with E-state index in [9.17, 15) is 13.2 Å². The number of halogens is 1. The molecule has 0 saturated carbocycles. The zero-order valence-corrected chi connectivity index (χ0v) is 22.4. The second kappa shape index (κ2) is 10.3. The number of amides is 1. The third-order valence-electron chi connectivity index (χ3n) is 6.46. The van der Waals surface area contributed by atoms with E-state index >= 15 is 4.39 Å². The quantitative estimate of drug-likeness (QED) is 0.389. The molecule has 7 nitrogen and oxygen atoms in total. The number of rotatable bonds is 9. The van der Waals surface area contributed by atoms with Gasteiger partial charge in [0, 0.05) is 14.1 Å². The minimum atomic E-state index is -4.19. The van der Waals surface area contributed by atoms with E-state index in [1.54, 1.807) is 6.07 Å². The second-order valence-corrected chi connectivity index (χ2v) is 17.8. The summed E-state index contributed by atoms with van der Waals surface area (Å²) >= 11 is 0. The van der Waals surface area contributed by atoms with Crippen LogP contribution in [0.2, 0.25) is 25.7 Å². The summed E-state index contributed by atoms with van der Waals surface area (Å²) in [6.07, 6.45) is 3.11. The van der Waals surface area contributed by atoms with Gasteiger partial charge in [0.25, 0.3) is 5.91 Å². The van der Waals surface area contributed by atoms with Crippen molar-refractivity contribution in [2.45, 2.75) is 64.0 Å². The summed E-state index contributed by atoms with van der Waals surface area (Å²) in [4.78, 5) is 11.9. The van der Waals surface area contributed by atoms with Crippen LogP contribution in [0.5, 0.6) is 5.75 Å². The summed E-state index contributed by atoms with van der Waals surface area (Å²) in [5.41, 5.74) is 2.00. The minimum absolute atomic E-state index is 0.123. The molecular formula is C25H34FN3O4SSi. The lowest BCUT2D eigenvalue weighted by Crippen LogP contribution is -2.37. The largest absolute Gasteiger partial charge is 0.487 e. The van der Waals surface area contributed by atoms with Gasteiger partial charge in [-0.05, 0) is 55.0 Å². The molecule has 1 saturated heterocycles. The van der Waals surface area contributed by atoms with Gasteiger partial charge in [0.2, 0.25) is 0 Å². The molecule has 4 rings (SSSR count). The summed E-state index contributed by atoms with van der Waals surface area (Å²) in [7, 11) is -5.29. The van der Waals surface area contributed by atoms with E-state index in [-0.39, 0.29) is 24.1 Å². The molecule has 1 unspecified atom stereocenters. The highest BCUT2D eigenvalue weighted by molar-refractivity contribution is 7.92. The average molecular weight is 520 g/mol. The Hall–Kier alpha value is -2.43. The SMILES string of the molecule is C[Si](C)(C)CCCNC1CCc2cc(OCc3ccccc3)c(N3CC(=O)NS3(=O)=O)c(F)c2C1. The van der Waals surface area contributed by atoms with E-state index < -0.39 is 36.6 Å². The van der Waals surface area contributed by atoms with Gasteiger partial charge in [-0.15, -0.1) is 0 Å². The Bertz CT molecular complexity index is 1190. The smallest absolute Gasteiger partial charge is 0.326 e. The second-order valence-electron chi connectivity index (χ2n) is 10.5. The van der Waals surface area contributed by atoms with Crippen LogP contribution in [-0.2, 0) is 34.5 Å². The fourth-order valence-corrected chi connectivity index (χ4v) is 7.05. The summed E-state index contributed by atoms with van der Waals surface area (Å²) in [5, 5.41) is 3.56. The van der Waals surface area contributed by atoms with Crippen LogP contribution >= 0.6 is 0 Å². The normalized spacial score (nSPS) is 19.4. The third kappa shape index (κ3) is 6.23. The van der Waals surface area contributed by atoms with Gasteiger partial charge < -0.3 is 10.1 Å². The Morgan fingerprint density at radius 2 is 1.97 bits per heavy atom. The number of ether oxygens (including phenoxy) is 1. The molecule has 2 aliphatic rings. The van der Waals surface area contributed by atoms with Crippen molar-refractivity contribution >= 4 is 29.9 Å². The number of nitrogens with zero attached hydrogens (tertiary/aromatic N) is 1. The number of fused-ring (bicyclic) bond motifs is 1. The Morgan fingerprint density at radius 3 is 2.63 bits per heavy atom. The highest BCUT2D eigenvalue weighted by Crippen LogP contribution is 2.40. The van der Waals surface area contributed by atoms with Crippen LogP contribution < -0.4 is 19.1 Å². The van der Waals surface area contributed by atoms with Crippen LogP contribution in [0, 0.1) is 5.82 Å². The molecule has 2 N–H and O–H groups in total. The molecule has 1 aliphatic heterocycles. The lowest BCUT2D eigenvalue weighted by molar-refractivity contribution is -0.117. The Kier molecular flexibility index (Phi) is 7.53. The number of nitrogens with one attached hydrogen (secondary N) is 2. The van der Waals surface area contributed by atoms with Gasteiger partial charge in [0.1, 0.15) is 24.6 Å². The van der Waals surface area contributed by atoms with Gasteiger partial charge >= 0.3 is 10.2 Å². The molecule has 1 amide bonds. The molecule has 35 heavy (non-hydrogen) atoms. The molecule has 1 heterocycles. The predicted molar refractivity (Wildman–Crippen MR) is 138 cm³/mol. The first-order chi connectivity index (χ1) is 16.5. The summed E-state index contributed by atoms with van der Waals surface area (Å²) in [6, 6.07) is 12.5. The number of hydrogen-bond acceptors (Lipinski definition) is 5. The van der Waals surface area contributed by atoms with Crippen LogP contribution in [0.25, 0.3) is 0 Å². The van der Waals surface area contributed by atoms with Crippen molar-refractivity contribution in [2.24, 2.45) is 0 Å². The van der Waals surface area contributed by atoms with E-state index in [0.717, 1.165) is 34.8 Å². The van der Waals surface area contributed by atoms with Crippen LogP contribution in [-0.4, -0.2) is 41.5 Å². The zero-order chi connectivity index (χ0) is 25.2. The van der Waals surface area contributed by atoms with Crippen LogP contribution in [0.3, 0.4) is 0 Å². The molecule has 10 heteroatoms. The van der Waals surface area contributed by atoms with Crippen LogP contribution in [0.15, 0.2) is 36.4 Å².